The summed E-state index contributed by atoms with van der Waals surface area (Å²) < 4.78 is 11.1. The lowest BCUT2D eigenvalue weighted by Gasteiger charge is -2.30. The summed E-state index contributed by atoms with van der Waals surface area (Å²) in [6, 6.07) is 14.4. The molecule has 0 bridgehead atoms. The first-order chi connectivity index (χ1) is 16.0. The Morgan fingerprint density at radius 1 is 1.06 bits per heavy atom. The van der Waals surface area contributed by atoms with Crippen molar-refractivity contribution in [3.63, 3.8) is 0 Å². The molecule has 2 aromatic carbocycles. The Bertz CT molecular complexity index is 1210. The molecule has 1 amide bonds. The van der Waals surface area contributed by atoms with Gasteiger partial charge in [0.1, 0.15) is 24.4 Å². The zero-order valence-corrected chi connectivity index (χ0v) is 18.0. The first kappa shape index (κ1) is 21.2. The lowest BCUT2D eigenvalue weighted by atomic mass is 9.95. The van der Waals surface area contributed by atoms with E-state index in [1.807, 2.05) is 12.1 Å². The molecular weight excluding hydrogens is 424 g/mol. The van der Waals surface area contributed by atoms with E-state index in [9.17, 15) is 19.8 Å². The molecule has 3 heterocycles. The van der Waals surface area contributed by atoms with Crippen molar-refractivity contribution in [2.75, 3.05) is 39.4 Å². The van der Waals surface area contributed by atoms with Crippen molar-refractivity contribution in [3.8, 4) is 5.75 Å². The highest BCUT2D eigenvalue weighted by molar-refractivity contribution is 6.16. The van der Waals surface area contributed by atoms with E-state index in [0.29, 0.717) is 37.4 Å². The Labute approximate surface area is 190 Å². The van der Waals surface area contributed by atoms with Gasteiger partial charge in [-0.3, -0.25) is 9.59 Å². The van der Waals surface area contributed by atoms with Gasteiger partial charge in [-0.25, -0.2) is 0 Å². The molecule has 3 N–H and O–H groups in total. The van der Waals surface area contributed by atoms with Crippen LogP contribution in [0.4, 0.5) is 0 Å². The molecule has 3 aromatic rings. The lowest BCUT2D eigenvalue weighted by Crippen LogP contribution is -3.14. The summed E-state index contributed by atoms with van der Waals surface area (Å²) in [5.41, 5.74) is 1.05. The highest BCUT2D eigenvalue weighted by atomic mass is 16.5. The third-order valence-corrected chi connectivity index (χ3v) is 6.29. The second-order valence-electron chi connectivity index (χ2n) is 8.35. The summed E-state index contributed by atoms with van der Waals surface area (Å²) in [6.07, 6.45) is 0. The Morgan fingerprint density at radius 2 is 1.85 bits per heavy atom. The van der Waals surface area contributed by atoms with Gasteiger partial charge in [0.25, 0.3) is 5.91 Å². The average Bonchev–Trinajstić information content (AvgIpc) is 3.37. The number of furan rings is 1. The molecular formula is C25H25N2O6+. The minimum absolute atomic E-state index is 0.0145. The minimum atomic E-state index is -0.828. The number of Topliss-reactive ketones (excluding diaryl/α,β-unsaturated/α-hetero) is 1. The number of para-hydroxylation sites is 1. The Kier molecular flexibility index (Phi) is 5.62. The van der Waals surface area contributed by atoms with E-state index >= 15 is 0 Å². The smallest absolute Gasteiger partial charge is 0.290 e. The van der Waals surface area contributed by atoms with Crippen LogP contribution in [0.2, 0.25) is 0 Å². The third-order valence-electron chi connectivity index (χ3n) is 6.29. The normalized spacial score (nSPS) is 19.6. The molecule has 2 aliphatic rings. The van der Waals surface area contributed by atoms with Crippen LogP contribution in [-0.2, 0) is 9.53 Å². The number of amides is 1. The van der Waals surface area contributed by atoms with E-state index in [-0.39, 0.29) is 17.1 Å². The number of hydrogen-bond acceptors (Lipinski definition) is 6. The van der Waals surface area contributed by atoms with Crippen molar-refractivity contribution >= 4 is 22.7 Å². The van der Waals surface area contributed by atoms with Crippen molar-refractivity contribution in [1.29, 1.82) is 0 Å². The van der Waals surface area contributed by atoms with E-state index in [4.69, 9.17) is 9.15 Å². The fourth-order valence-electron chi connectivity index (χ4n) is 4.57. The third kappa shape index (κ3) is 3.99. The summed E-state index contributed by atoms with van der Waals surface area (Å²) in [4.78, 5) is 29.4. The minimum Gasteiger partial charge on any atom is -0.508 e. The molecule has 0 spiro atoms. The SMILES string of the molecule is O=C(C1=C(O)C(=O)N(CC[NH+]2CCOCC2)[C@H]1c1cccc(O)c1)c1cc2ccccc2o1. The molecule has 33 heavy (non-hydrogen) atoms. The molecule has 1 fully saturated rings. The number of carbonyl (C=O) groups is 2. The largest absolute Gasteiger partial charge is 0.508 e. The van der Waals surface area contributed by atoms with Crippen LogP contribution in [-0.4, -0.2) is 66.2 Å². The van der Waals surface area contributed by atoms with Crippen molar-refractivity contribution < 1.29 is 33.9 Å². The zero-order valence-electron chi connectivity index (χ0n) is 18.0. The zero-order chi connectivity index (χ0) is 22.9. The number of aromatic hydroxyl groups is 1. The van der Waals surface area contributed by atoms with Crippen LogP contribution >= 0.6 is 0 Å². The fraction of sp³-hybridized carbons (Fsp3) is 0.280. The molecule has 1 atom stereocenters. The highest BCUT2D eigenvalue weighted by Crippen LogP contribution is 2.40. The number of fused-ring (bicyclic) bond motifs is 1. The maximum absolute atomic E-state index is 13.5. The Hall–Kier alpha value is -3.62. The number of ketones is 1. The maximum atomic E-state index is 13.5. The highest BCUT2D eigenvalue weighted by Gasteiger charge is 2.45. The first-order valence-electron chi connectivity index (χ1n) is 11.0. The molecule has 1 aromatic heterocycles. The molecule has 8 heteroatoms. The first-order valence-corrected chi connectivity index (χ1v) is 11.0. The number of quaternary nitrogens is 1. The molecule has 0 saturated carbocycles. The second-order valence-corrected chi connectivity index (χ2v) is 8.35. The molecule has 0 aliphatic carbocycles. The van der Waals surface area contributed by atoms with E-state index in [1.54, 1.807) is 30.3 Å². The van der Waals surface area contributed by atoms with Gasteiger partial charge < -0.3 is 29.2 Å². The van der Waals surface area contributed by atoms with Crippen molar-refractivity contribution in [2.45, 2.75) is 6.04 Å². The van der Waals surface area contributed by atoms with Crippen LogP contribution in [0.15, 0.2) is 70.3 Å². The Balaban J connectivity index is 1.51. The number of aliphatic hydroxyl groups is 1. The van der Waals surface area contributed by atoms with Gasteiger partial charge in [-0.2, -0.15) is 0 Å². The quantitative estimate of drug-likeness (QED) is 0.494. The number of phenols is 1. The van der Waals surface area contributed by atoms with Gasteiger partial charge in [0.05, 0.1) is 37.9 Å². The number of carbonyl (C=O) groups excluding carboxylic acids is 2. The van der Waals surface area contributed by atoms with Gasteiger partial charge in [0.2, 0.25) is 5.78 Å². The van der Waals surface area contributed by atoms with Crippen LogP contribution in [0.1, 0.15) is 22.2 Å². The molecule has 170 valence electrons. The van der Waals surface area contributed by atoms with E-state index < -0.39 is 23.5 Å². The molecule has 1 saturated heterocycles. The molecule has 0 radical (unpaired) electrons. The van der Waals surface area contributed by atoms with Gasteiger partial charge in [-0.15, -0.1) is 0 Å². The summed E-state index contributed by atoms with van der Waals surface area (Å²) in [5.74, 6) is -1.66. The number of benzene rings is 2. The summed E-state index contributed by atoms with van der Waals surface area (Å²) in [5, 5.41) is 21.6. The lowest BCUT2D eigenvalue weighted by molar-refractivity contribution is -0.907. The molecule has 8 nitrogen and oxygen atoms in total. The van der Waals surface area contributed by atoms with Gasteiger partial charge in [0.15, 0.2) is 11.5 Å². The van der Waals surface area contributed by atoms with Crippen LogP contribution in [0.25, 0.3) is 11.0 Å². The van der Waals surface area contributed by atoms with Gasteiger partial charge in [-0.1, -0.05) is 30.3 Å². The number of nitrogens with one attached hydrogen (secondary N) is 1. The van der Waals surface area contributed by atoms with Crippen LogP contribution in [0.3, 0.4) is 0 Å². The van der Waals surface area contributed by atoms with Crippen LogP contribution < -0.4 is 4.90 Å². The van der Waals surface area contributed by atoms with E-state index in [1.165, 1.54) is 21.9 Å². The summed E-state index contributed by atoms with van der Waals surface area (Å²) in [6.45, 7) is 4.00. The molecule has 0 unspecified atom stereocenters. The predicted octanol–water partition coefficient (Wildman–Crippen LogP) is 1.63. The standard InChI is InChI=1S/C25H24N2O6/c28-18-6-3-5-17(14-18)22-21(23(29)20-15-16-4-1-2-7-19(16)33-20)24(30)25(31)27(22)9-8-26-10-12-32-13-11-26/h1-7,14-15,22,28,30H,8-13H2/p+1/t22-/m0/s1. The number of nitrogens with zero attached hydrogens (tertiary/aromatic N) is 1. The average molecular weight is 449 g/mol. The van der Waals surface area contributed by atoms with E-state index in [0.717, 1.165) is 18.5 Å². The Morgan fingerprint density at radius 3 is 2.61 bits per heavy atom. The van der Waals surface area contributed by atoms with Gasteiger partial charge in [-0.05, 0) is 29.8 Å². The topological polar surface area (TPSA) is 105 Å². The monoisotopic (exact) mass is 449 g/mol. The molecule has 5 rings (SSSR count). The number of phenolic OH excluding ortho intramolecular Hbond substituents is 1. The number of morpholine rings is 1. The van der Waals surface area contributed by atoms with Crippen LogP contribution in [0.5, 0.6) is 5.75 Å². The van der Waals surface area contributed by atoms with Crippen molar-refractivity contribution in [1.82, 2.24) is 4.90 Å². The molecule has 2 aliphatic heterocycles. The number of hydrogen-bond donors (Lipinski definition) is 3. The number of aliphatic hydroxyl groups excluding tert-OH is 1. The van der Waals surface area contributed by atoms with Crippen molar-refractivity contribution in [2.24, 2.45) is 0 Å². The number of rotatable bonds is 6. The summed E-state index contributed by atoms with van der Waals surface area (Å²) >= 11 is 0. The predicted molar refractivity (Wildman–Crippen MR) is 119 cm³/mol. The second kappa shape index (κ2) is 8.73. The van der Waals surface area contributed by atoms with Gasteiger partial charge in [0, 0.05) is 5.39 Å². The fourth-order valence-corrected chi connectivity index (χ4v) is 4.57. The maximum Gasteiger partial charge on any atom is 0.290 e. The number of ether oxygens (including phenoxy) is 1. The summed E-state index contributed by atoms with van der Waals surface area (Å²) in [7, 11) is 0. The van der Waals surface area contributed by atoms with Crippen LogP contribution in [0, 0.1) is 0 Å². The van der Waals surface area contributed by atoms with Gasteiger partial charge >= 0.3 is 0 Å². The van der Waals surface area contributed by atoms with Crippen molar-refractivity contribution in [3.05, 3.63) is 77.3 Å². The van der Waals surface area contributed by atoms with E-state index in [2.05, 4.69) is 0 Å².